The Hall–Kier alpha value is -1.04. The van der Waals surface area contributed by atoms with Crippen molar-refractivity contribution in [3.05, 3.63) is 43.5 Å². The topological polar surface area (TPSA) is 32.3 Å². The van der Waals surface area contributed by atoms with Crippen molar-refractivity contribution in [1.29, 1.82) is 0 Å². The summed E-state index contributed by atoms with van der Waals surface area (Å²) < 4.78 is 0.974. The molecule has 20 heavy (non-hydrogen) atoms. The van der Waals surface area contributed by atoms with Crippen molar-refractivity contribution in [2.75, 3.05) is 24.3 Å². The minimum absolute atomic E-state index is 0.130. The zero-order valence-electron chi connectivity index (χ0n) is 11.3. The Labute approximate surface area is 135 Å². The van der Waals surface area contributed by atoms with E-state index in [1.165, 1.54) is 11.3 Å². The van der Waals surface area contributed by atoms with Gasteiger partial charge in [-0.3, -0.25) is 4.79 Å². The largest absolute Gasteiger partial charge is 0.376 e. The van der Waals surface area contributed by atoms with Crippen molar-refractivity contribution >= 4 is 56.1 Å². The van der Waals surface area contributed by atoms with Crippen LogP contribution in [0.4, 0.5) is 11.4 Å². The molecule has 3 nitrogen and oxygen atoms in total. The van der Waals surface area contributed by atoms with E-state index in [1.807, 2.05) is 38.1 Å². The highest BCUT2D eigenvalue weighted by Gasteiger charge is 2.14. The monoisotopic (exact) mass is 372 g/mol. The molecule has 0 atom stereocenters. The average Bonchev–Trinajstić information content (AvgIpc) is 2.69. The Morgan fingerprint density at radius 2 is 2.05 bits per heavy atom. The van der Waals surface area contributed by atoms with Gasteiger partial charge in [-0.2, -0.15) is 0 Å². The van der Waals surface area contributed by atoms with Crippen LogP contribution in [0.25, 0.3) is 0 Å². The lowest BCUT2D eigenvalue weighted by atomic mass is 10.2. The summed E-state index contributed by atoms with van der Waals surface area (Å²) >= 11 is 10.9. The van der Waals surface area contributed by atoms with Crippen LogP contribution in [0.2, 0.25) is 5.02 Å². The molecule has 0 aliphatic heterocycles. The molecule has 106 valence electrons. The molecule has 0 radical (unpaired) electrons. The lowest BCUT2D eigenvalue weighted by Crippen LogP contribution is -2.16. The number of carbonyl (C=O) groups excluding carboxylic acids is 1. The van der Waals surface area contributed by atoms with Crippen molar-refractivity contribution in [1.82, 2.24) is 0 Å². The van der Waals surface area contributed by atoms with Crippen molar-refractivity contribution in [3.8, 4) is 0 Å². The number of amides is 1. The van der Waals surface area contributed by atoms with E-state index in [4.69, 9.17) is 11.6 Å². The van der Waals surface area contributed by atoms with E-state index in [2.05, 4.69) is 21.2 Å². The maximum atomic E-state index is 12.3. The van der Waals surface area contributed by atoms with E-state index in [0.29, 0.717) is 15.6 Å². The fourth-order valence-electron chi connectivity index (χ4n) is 1.75. The summed E-state index contributed by atoms with van der Waals surface area (Å²) in [5, 5.41) is 3.51. The summed E-state index contributed by atoms with van der Waals surface area (Å²) in [5.41, 5.74) is 2.67. The third kappa shape index (κ3) is 3.34. The SMILES string of the molecule is Cc1cc(C(=O)Nc2cc(Cl)ccc2N(C)C)sc1Br. The van der Waals surface area contributed by atoms with Gasteiger partial charge in [-0.05, 0) is 52.7 Å². The van der Waals surface area contributed by atoms with Gasteiger partial charge in [0.25, 0.3) is 5.91 Å². The second-order valence-electron chi connectivity index (χ2n) is 4.58. The minimum atomic E-state index is -0.130. The number of aryl methyl sites for hydroxylation is 1. The third-order valence-electron chi connectivity index (χ3n) is 2.77. The van der Waals surface area contributed by atoms with E-state index < -0.39 is 0 Å². The van der Waals surface area contributed by atoms with Gasteiger partial charge < -0.3 is 10.2 Å². The first-order valence-corrected chi connectivity index (χ1v) is 7.91. The maximum absolute atomic E-state index is 12.3. The first-order chi connectivity index (χ1) is 9.38. The quantitative estimate of drug-likeness (QED) is 0.839. The molecule has 1 aromatic heterocycles. The molecule has 0 aliphatic rings. The Morgan fingerprint density at radius 3 is 2.60 bits per heavy atom. The fraction of sp³-hybridized carbons (Fsp3) is 0.214. The molecule has 0 unspecified atom stereocenters. The van der Waals surface area contributed by atoms with Crippen molar-refractivity contribution in [2.24, 2.45) is 0 Å². The van der Waals surface area contributed by atoms with Gasteiger partial charge in [-0.1, -0.05) is 11.6 Å². The maximum Gasteiger partial charge on any atom is 0.265 e. The van der Waals surface area contributed by atoms with Crippen molar-refractivity contribution < 1.29 is 4.79 Å². The third-order valence-corrected chi connectivity index (χ3v) is 5.14. The first kappa shape index (κ1) is 15.4. The summed E-state index contributed by atoms with van der Waals surface area (Å²) in [5.74, 6) is -0.130. The zero-order valence-corrected chi connectivity index (χ0v) is 14.5. The molecule has 0 saturated carbocycles. The number of rotatable bonds is 3. The van der Waals surface area contributed by atoms with Crippen LogP contribution in [0.3, 0.4) is 0 Å². The van der Waals surface area contributed by atoms with Crippen LogP contribution < -0.4 is 10.2 Å². The van der Waals surface area contributed by atoms with Crippen LogP contribution in [0.15, 0.2) is 28.1 Å². The molecule has 1 N–H and O–H groups in total. The number of nitrogens with zero attached hydrogens (tertiary/aromatic N) is 1. The van der Waals surface area contributed by atoms with Crippen molar-refractivity contribution in [3.63, 3.8) is 0 Å². The Kier molecular flexibility index (Phi) is 4.73. The molecule has 1 amide bonds. The van der Waals surface area contributed by atoms with Gasteiger partial charge in [0.1, 0.15) is 0 Å². The number of hydrogen-bond donors (Lipinski definition) is 1. The summed E-state index contributed by atoms with van der Waals surface area (Å²) in [6, 6.07) is 7.31. The molecule has 2 aromatic rings. The molecule has 2 rings (SSSR count). The molecule has 0 fully saturated rings. The summed E-state index contributed by atoms with van der Waals surface area (Å²) in [4.78, 5) is 14.9. The van der Waals surface area contributed by atoms with Crippen LogP contribution in [-0.2, 0) is 0 Å². The van der Waals surface area contributed by atoms with Crippen LogP contribution in [0, 0.1) is 6.92 Å². The normalized spacial score (nSPS) is 10.4. The van der Waals surface area contributed by atoms with E-state index in [0.717, 1.165) is 15.0 Å². The second kappa shape index (κ2) is 6.16. The van der Waals surface area contributed by atoms with Gasteiger partial charge in [0.15, 0.2) is 0 Å². The molecule has 0 bridgehead atoms. The number of thiophene rings is 1. The van der Waals surface area contributed by atoms with Crippen molar-refractivity contribution in [2.45, 2.75) is 6.92 Å². The highest BCUT2D eigenvalue weighted by molar-refractivity contribution is 9.11. The fourth-order valence-corrected chi connectivity index (χ4v) is 3.36. The van der Waals surface area contributed by atoms with E-state index in [1.54, 1.807) is 12.1 Å². The number of anilines is 2. The van der Waals surface area contributed by atoms with Crippen LogP contribution in [0.1, 0.15) is 15.2 Å². The lowest BCUT2D eigenvalue weighted by Gasteiger charge is -2.18. The van der Waals surface area contributed by atoms with Crippen LogP contribution >= 0.6 is 38.9 Å². The molecule has 0 aliphatic carbocycles. The molecular formula is C14H14BrClN2OS. The molecular weight excluding hydrogens is 360 g/mol. The van der Waals surface area contributed by atoms with Gasteiger partial charge in [0.2, 0.25) is 0 Å². The highest BCUT2D eigenvalue weighted by atomic mass is 79.9. The zero-order chi connectivity index (χ0) is 14.9. The van der Waals surface area contributed by atoms with Gasteiger partial charge in [-0.25, -0.2) is 0 Å². The number of carbonyl (C=O) groups is 1. The van der Waals surface area contributed by atoms with Crippen LogP contribution in [-0.4, -0.2) is 20.0 Å². The Bertz CT molecular complexity index is 635. The summed E-state index contributed by atoms with van der Waals surface area (Å²) in [6.07, 6.45) is 0. The second-order valence-corrected chi connectivity index (χ2v) is 7.38. The number of benzene rings is 1. The summed E-state index contributed by atoms with van der Waals surface area (Å²) in [6.45, 7) is 1.96. The average molecular weight is 374 g/mol. The first-order valence-electron chi connectivity index (χ1n) is 5.92. The Balaban J connectivity index is 2.29. The van der Waals surface area contributed by atoms with Gasteiger partial charge >= 0.3 is 0 Å². The van der Waals surface area contributed by atoms with E-state index >= 15 is 0 Å². The summed E-state index contributed by atoms with van der Waals surface area (Å²) in [7, 11) is 3.84. The Morgan fingerprint density at radius 1 is 1.35 bits per heavy atom. The van der Waals surface area contributed by atoms with Gasteiger partial charge in [0, 0.05) is 19.1 Å². The molecule has 0 saturated heterocycles. The van der Waals surface area contributed by atoms with Gasteiger partial charge in [-0.15, -0.1) is 11.3 Å². The minimum Gasteiger partial charge on any atom is -0.376 e. The number of halogens is 2. The number of hydrogen-bond acceptors (Lipinski definition) is 3. The van der Waals surface area contributed by atoms with Crippen LogP contribution in [0.5, 0.6) is 0 Å². The molecule has 0 spiro atoms. The molecule has 6 heteroatoms. The predicted octanol–water partition coefficient (Wildman–Crippen LogP) is 4.79. The highest BCUT2D eigenvalue weighted by Crippen LogP contribution is 2.31. The predicted molar refractivity (Wildman–Crippen MR) is 90.5 cm³/mol. The number of nitrogens with one attached hydrogen (secondary N) is 1. The van der Waals surface area contributed by atoms with E-state index in [-0.39, 0.29) is 5.91 Å². The van der Waals surface area contributed by atoms with Gasteiger partial charge in [0.05, 0.1) is 20.0 Å². The van der Waals surface area contributed by atoms with E-state index in [9.17, 15) is 4.79 Å². The smallest absolute Gasteiger partial charge is 0.265 e. The lowest BCUT2D eigenvalue weighted by molar-refractivity contribution is 0.103. The standard InChI is InChI=1S/C14H14BrClN2OS/c1-8-6-12(20-13(8)15)14(19)17-10-7-9(16)4-5-11(10)18(2)3/h4-7H,1-3H3,(H,17,19). The molecule has 1 aromatic carbocycles. The molecule has 1 heterocycles.